The summed E-state index contributed by atoms with van der Waals surface area (Å²) in [5.41, 5.74) is -0.494. The first kappa shape index (κ1) is 14.7. The van der Waals surface area contributed by atoms with Crippen molar-refractivity contribution in [3.8, 4) is 0 Å². The van der Waals surface area contributed by atoms with Crippen molar-refractivity contribution in [3.63, 3.8) is 0 Å². The number of nitrogens with zero attached hydrogens (tertiary/aromatic N) is 1. The lowest BCUT2D eigenvalue weighted by atomic mass is 9.74. The van der Waals surface area contributed by atoms with Crippen molar-refractivity contribution in [2.45, 2.75) is 56.9 Å². The molecular formula is C16H26N2O3. The van der Waals surface area contributed by atoms with Crippen LogP contribution < -0.4 is 5.32 Å². The van der Waals surface area contributed by atoms with Crippen LogP contribution in [0.4, 0.5) is 4.79 Å². The average Bonchev–Trinajstić information content (AvgIpc) is 2.97. The minimum absolute atomic E-state index is 0.0424. The van der Waals surface area contributed by atoms with Gasteiger partial charge in [-0.3, -0.25) is 4.79 Å². The van der Waals surface area contributed by atoms with Crippen molar-refractivity contribution in [2.24, 2.45) is 17.8 Å². The summed E-state index contributed by atoms with van der Waals surface area (Å²) in [5, 5.41) is 12.0. The van der Waals surface area contributed by atoms with Gasteiger partial charge in [0.15, 0.2) is 0 Å². The molecule has 0 aliphatic heterocycles. The largest absolute Gasteiger partial charge is 0.481 e. The first-order valence-corrected chi connectivity index (χ1v) is 8.22. The Morgan fingerprint density at radius 3 is 2.52 bits per heavy atom. The Labute approximate surface area is 126 Å². The lowest BCUT2D eigenvalue weighted by Gasteiger charge is -2.42. The van der Waals surface area contributed by atoms with Gasteiger partial charge in [0.05, 0.1) is 12.0 Å². The van der Waals surface area contributed by atoms with Crippen LogP contribution in [0.5, 0.6) is 0 Å². The quantitative estimate of drug-likeness (QED) is 0.818. The second-order valence-corrected chi connectivity index (χ2v) is 7.45. The van der Waals surface area contributed by atoms with Crippen LogP contribution in [0.1, 0.15) is 51.4 Å². The van der Waals surface area contributed by atoms with Gasteiger partial charge in [0.25, 0.3) is 0 Å². The molecule has 0 spiro atoms. The number of urea groups is 1. The van der Waals surface area contributed by atoms with E-state index in [0.717, 1.165) is 37.6 Å². The highest BCUT2D eigenvalue weighted by atomic mass is 16.4. The third-order valence-electron chi connectivity index (χ3n) is 5.91. The first-order chi connectivity index (χ1) is 9.97. The second kappa shape index (κ2) is 5.50. The van der Waals surface area contributed by atoms with Crippen LogP contribution in [-0.4, -0.2) is 41.1 Å². The van der Waals surface area contributed by atoms with E-state index in [4.69, 9.17) is 5.11 Å². The fourth-order valence-corrected chi connectivity index (χ4v) is 4.60. The van der Waals surface area contributed by atoms with Crippen LogP contribution in [0.15, 0.2) is 0 Å². The van der Waals surface area contributed by atoms with Gasteiger partial charge in [-0.25, -0.2) is 4.79 Å². The number of hydrogen-bond donors (Lipinski definition) is 2. The van der Waals surface area contributed by atoms with Crippen molar-refractivity contribution < 1.29 is 14.7 Å². The van der Waals surface area contributed by atoms with E-state index in [0.29, 0.717) is 5.92 Å². The number of aliphatic carboxylic acids is 1. The van der Waals surface area contributed by atoms with Crippen molar-refractivity contribution in [2.75, 3.05) is 13.6 Å². The van der Waals surface area contributed by atoms with Crippen LogP contribution in [0.2, 0.25) is 0 Å². The Bertz CT molecular complexity index is 433. The highest BCUT2D eigenvalue weighted by molar-refractivity contribution is 5.77. The molecule has 5 nitrogen and oxygen atoms in total. The summed E-state index contributed by atoms with van der Waals surface area (Å²) in [5.74, 6) is 1.52. The van der Waals surface area contributed by atoms with Gasteiger partial charge in [-0.2, -0.15) is 0 Å². The van der Waals surface area contributed by atoms with E-state index < -0.39 is 11.5 Å². The van der Waals surface area contributed by atoms with Crippen molar-refractivity contribution >= 4 is 12.0 Å². The van der Waals surface area contributed by atoms with Crippen LogP contribution >= 0.6 is 0 Å². The summed E-state index contributed by atoms with van der Waals surface area (Å²) in [4.78, 5) is 25.1. The molecule has 3 unspecified atom stereocenters. The Morgan fingerprint density at radius 2 is 2.05 bits per heavy atom. The van der Waals surface area contributed by atoms with E-state index in [9.17, 15) is 9.59 Å². The molecule has 5 heteroatoms. The van der Waals surface area contributed by atoms with Gasteiger partial charge in [0.2, 0.25) is 0 Å². The van der Waals surface area contributed by atoms with E-state index in [1.807, 2.05) is 7.05 Å². The van der Waals surface area contributed by atoms with E-state index in [-0.39, 0.29) is 12.5 Å². The number of fused-ring (bicyclic) bond motifs is 2. The normalized spacial score (nSPS) is 32.5. The molecule has 21 heavy (non-hydrogen) atoms. The molecule has 118 valence electrons. The van der Waals surface area contributed by atoms with Crippen molar-refractivity contribution in [1.29, 1.82) is 0 Å². The predicted octanol–water partition coefficient (Wildman–Crippen LogP) is 2.46. The molecular weight excluding hydrogens is 268 g/mol. The highest BCUT2D eigenvalue weighted by Crippen LogP contribution is 2.48. The van der Waals surface area contributed by atoms with Gasteiger partial charge in [0.1, 0.15) is 0 Å². The van der Waals surface area contributed by atoms with Gasteiger partial charge >= 0.3 is 12.0 Å². The average molecular weight is 294 g/mol. The van der Waals surface area contributed by atoms with Crippen LogP contribution in [-0.2, 0) is 4.79 Å². The Hall–Kier alpha value is -1.26. The Morgan fingerprint density at radius 1 is 1.29 bits per heavy atom. The van der Waals surface area contributed by atoms with E-state index in [1.165, 1.54) is 25.7 Å². The zero-order valence-corrected chi connectivity index (χ0v) is 12.8. The molecule has 0 radical (unpaired) electrons. The third kappa shape index (κ3) is 3.01. The van der Waals surface area contributed by atoms with E-state index >= 15 is 0 Å². The summed E-state index contributed by atoms with van der Waals surface area (Å²) >= 11 is 0. The van der Waals surface area contributed by atoms with Crippen LogP contribution in [0.25, 0.3) is 0 Å². The molecule has 3 fully saturated rings. The fraction of sp³-hybridized carbons (Fsp3) is 0.875. The summed E-state index contributed by atoms with van der Waals surface area (Å²) in [6.45, 7) is 0.816. The smallest absolute Gasteiger partial charge is 0.317 e. The molecule has 3 aliphatic carbocycles. The number of nitrogens with one attached hydrogen (secondary N) is 1. The summed E-state index contributed by atoms with van der Waals surface area (Å²) in [6.07, 6.45) is 7.93. The zero-order valence-electron chi connectivity index (χ0n) is 12.8. The number of rotatable bonds is 5. The minimum Gasteiger partial charge on any atom is -0.481 e. The van der Waals surface area contributed by atoms with Gasteiger partial charge in [-0.05, 0) is 56.3 Å². The topological polar surface area (TPSA) is 69.6 Å². The monoisotopic (exact) mass is 294 g/mol. The van der Waals surface area contributed by atoms with E-state index in [1.54, 1.807) is 4.90 Å². The molecule has 2 amide bonds. The van der Waals surface area contributed by atoms with Crippen molar-refractivity contribution in [3.05, 3.63) is 0 Å². The number of carboxylic acids is 1. The van der Waals surface area contributed by atoms with Gasteiger partial charge in [0, 0.05) is 13.6 Å². The molecule has 0 aromatic carbocycles. The van der Waals surface area contributed by atoms with Crippen LogP contribution in [0, 0.1) is 17.8 Å². The molecule has 3 rings (SSSR count). The molecule has 0 aromatic rings. The predicted molar refractivity (Wildman–Crippen MR) is 78.9 cm³/mol. The maximum Gasteiger partial charge on any atom is 0.317 e. The third-order valence-corrected chi connectivity index (χ3v) is 5.91. The van der Waals surface area contributed by atoms with Crippen molar-refractivity contribution in [1.82, 2.24) is 10.2 Å². The summed E-state index contributed by atoms with van der Waals surface area (Å²) < 4.78 is 0. The zero-order chi connectivity index (χ0) is 15.0. The standard InChI is InChI=1S/C16H26N2O3/c1-18(10-13-8-11-3-4-12(13)7-11)15(21)17-16(5-2-6-16)9-14(19)20/h11-13H,2-10H2,1H3,(H,17,21)(H,19,20). The van der Waals surface area contributed by atoms with Crippen LogP contribution in [0.3, 0.4) is 0 Å². The number of hydrogen-bond acceptors (Lipinski definition) is 2. The van der Waals surface area contributed by atoms with Gasteiger partial charge in [-0.1, -0.05) is 6.42 Å². The number of amides is 2. The molecule has 2 bridgehead atoms. The second-order valence-electron chi connectivity index (χ2n) is 7.45. The molecule has 2 N–H and O–H groups in total. The van der Waals surface area contributed by atoms with Gasteiger partial charge in [-0.15, -0.1) is 0 Å². The molecule has 3 aliphatic rings. The lowest BCUT2D eigenvalue weighted by molar-refractivity contribution is -0.139. The number of carboxylic acid groups (broad SMARTS) is 1. The molecule has 0 aromatic heterocycles. The Balaban J connectivity index is 1.51. The lowest BCUT2D eigenvalue weighted by Crippen LogP contribution is -2.57. The minimum atomic E-state index is -0.828. The summed E-state index contributed by atoms with van der Waals surface area (Å²) in [6, 6.07) is -0.0984. The van der Waals surface area contributed by atoms with E-state index in [2.05, 4.69) is 5.32 Å². The number of carbonyl (C=O) groups excluding carboxylic acids is 1. The fourth-order valence-electron chi connectivity index (χ4n) is 4.60. The maximum atomic E-state index is 12.3. The molecule has 3 atom stereocenters. The number of carbonyl (C=O) groups is 2. The molecule has 0 heterocycles. The molecule has 0 saturated heterocycles. The maximum absolute atomic E-state index is 12.3. The first-order valence-electron chi connectivity index (χ1n) is 8.22. The summed E-state index contributed by atoms with van der Waals surface area (Å²) in [7, 11) is 1.84. The SMILES string of the molecule is CN(CC1CC2CCC1C2)C(=O)NC1(CC(=O)O)CCC1. The highest BCUT2D eigenvalue weighted by Gasteiger charge is 2.43. The van der Waals surface area contributed by atoms with Gasteiger partial charge < -0.3 is 15.3 Å². The Kier molecular flexibility index (Phi) is 3.84. The molecule has 3 saturated carbocycles.